The third-order valence-corrected chi connectivity index (χ3v) is 7.29. The summed E-state index contributed by atoms with van der Waals surface area (Å²) >= 11 is 0. The van der Waals surface area contributed by atoms with Crippen LogP contribution in [0, 0.1) is 5.92 Å². The molecule has 0 aliphatic heterocycles. The Kier molecular flexibility index (Phi) is 28.2. The van der Waals surface area contributed by atoms with E-state index in [-0.39, 0.29) is 12.4 Å². The minimum absolute atomic E-state index is 0.00536. The molecule has 0 heterocycles. The van der Waals surface area contributed by atoms with Gasteiger partial charge in [0.1, 0.15) is 0 Å². The summed E-state index contributed by atoms with van der Waals surface area (Å²) in [6, 6.07) is 0. The lowest BCUT2D eigenvalue weighted by atomic mass is 9.97. The minimum Gasteiger partial charge on any atom is -0.481 e. The van der Waals surface area contributed by atoms with Crippen molar-refractivity contribution >= 4 is 11.9 Å². The molecule has 0 aromatic rings. The number of rotatable bonds is 29. The second kappa shape index (κ2) is 29.2. The van der Waals surface area contributed by atoms with Crippen molar-refractivity contribution in [3.8, 4) is 0 Å². The van der Waals surface area contributed by atoms with Crippen LogP contribution in [-0.2, 0) is 14.3 Å². The maximum Gasteiger partial charge on any atom is 0.307 e. The molecule has 4 heteroatoms. The van der Waals surface area contributed by atoms with Crippen molar-refractivity contribution in [2.24, 2.45) is 5.92 Å². The lowest BCUT2D eigenvalue weighted by Gasteiger charge is -2.11. The fraction of sp³-hybridized carbons (Fsp3) is 0.879. The van der Waals surface area contributed by atoms with E-state index in [0.717, 1.165) is 32.1 Å². The molecule has 0 saturated heterocycles. The van der Waals surface area contributed by atoms with Crippen LogP contribution in [0.15, 0.2) is 12.2 Å². The van der Waals surface area contributed by atoms with Crippen LogP contribution in [0.2, 0.25) is 0 Å². The molecule has 0 bridgehead atoms. The summed E-state index contributed by atoms with van der Waals surface area (Å²) in [6.45, 7) is 4.59. The summed E-state index contributed by atoms with van der Waals surface area (Å²) in [6.07, 6.45) is 35.1. The second-order valence-corrected chi connectivity index (χ2v) is 11.0. The Morgan fingerprint density at radius 1 is 0.595 bits per heavy atom. The molecule has 0 fully saturated rings. The Labute approximate surface area is 230 Å². The van der Waals surface area contributed by atoms with E-state index in [1.807, 2.05) is 6.92 Å². The van der Waals surface area contributed by atoms with Crippen LogP contribution in [0.3, 0.4) is 0 Å². The van der Waals surface area contributed by atoms with Gasteiger partial charge >= 0.3 is 11.9 Å². The monoisotopic (exact) mass is 522 g/mol. The summed E-state index contributed by atoms with van der Waals surface area (Å²) in [5.74, 6) is -1.89. The van der Waals surface area contributed by atoms with Crippen LogP contribution in [0.1, 0.15) is 174 Å². The van der Waals surface area contributed by atoms with Gasteiger partial charge in [-0.2, -0.15) is 0 Å². The molecule has 0 radical (unpaired) electrons. The van der Waals surface area contributed by atoms with Gasteiger partial charge in [0.25, 0.3) is 0 Å². The highest BCUT2D eigenvalue weighted by Gasteiger charge is 2.21. The van der Waals surface area contributed by atoms with Crippen molar-refractivity contribution in [2.45, 2.75) is 174 Å². The van der Waals surface area contributed by atoms with Crippen LogP contribution in [0.4, 0.5) is 0 Å². The summed E-state index contributed by atoms with van der Waals surface area (Å²) in [5, 5.41) is 9.31. The molecule has 0 saturated carbocycles. The lowest BCUT2D eigenvalue weighted by molar-refractivity contribution is -0.151. The normalized spacial score (nSPS) is 12.3. The Morgan fingerprint density at radius 3 is 1.41 bits per heavy atom. The number of carbonyl (C=O) groups is 2. The largest absolute Gasteiger partial charge is 0.481 e. The van der Waals surface area contributed by atoms with Crippen molar-refractivity contribution in [2.75, 3.05) is 6.61 Å². The number of ether oxygens (including phenoxy) is 1. The molecule has 37 heavy (non-hydrogen) atoms. The van der Waals surface area contributed by atoms with E-state index in [0.29, 0.717) is 13.0 Å². The molecule has 0 amide bonds. The second-order valence-electron chi connectivity index (χ2n) is 11.0. The standard InChI is InChI=1S/C33H62O4/c1-3-5-6-7-8-9-10-11-12-13-14-15-16-17-18-19-20-21-22-23-24-25-26-27-28-31(33(35)36)30-32(34)37-29-4-2/h22-23,31H,3-21,24-30H2,1-2H3,(H,35,36)/b23-22+. The maximum absolute atomic E-state index is 11.7. The minimum atomic E-state index is -0.887. The van der Waals surface area contributed by atoms with Gasteiger partial charge in [-0.1, -0.05) is 142 Å². The van der Waals surface area contributed by atoms with Crippen LogP contribution in [0.5, 0.6) is 0 Å². The average molecular weight is 523 g/mol. The molecular formula is C33H62O4. The smallest absolute Gasteiger partial charge is 0.307 e. The van der Waals surface area contributed by atoms with Crippen molar-refractivity contribution in [1.29, 1.82) is 0 Å². The number of unbranched alkanes of at least 4 members (excludes halogenated alkanes) is 20. The highest BCUT2D eigenvalue weighted by Crippen LogP contribution is 2.17. The predicted molar refractivity (Wildman–Crippen MR) is 158 cm³/mol. The number of carboxylic acids is 1. The van der Waals surface area contributed by atoms with Crippen molar-refractivity contribution in [3.05, 3.63) is 12.2 Å². The van der Waals surface area contributed by atoms with Gasteiger partial charge in [-0.3, -0.25) is 9.59 Å². The third kappa shape index (κ3) is 27.5. The number of aliphatic carboxylic acids is 1. The van der Waals surface area contributed by atoms with Crippen molar-refractivity contribution < 1.29 is 19.4 Å². The first-order chi connectivity index (χ1) is 18.1. The molecule has 218 valence electrons. The van der Waals surface area contributed by atoms with Crippen molar-refractivity contribution in [1.82, 2.24) is 0 Å². The van der Waals surface area contributed by atoms with E-state index in [9.17, 15) is 14.7 Å². The van der Waals surface area contributed by atoms with Gasteiger partial charge < -0.3 is 9.84 Å². The number of carboxylic acid groups (broad SMARTS) is 1. The molecule has 4 nitrogen and oxygen atoms in total. The Morgan fingerprint density at radius 2 is 1.00 bits per heavy atom. The lowest BCUT2D eigenvalue weighted by Crippen LogP contribution is -2.19. The zero-order valence-corrected chi connectivity index (χ0v) is 24.8. The van der Waals surface area contributed by atoms with Gasteiger partial charge in [-0.15, -0.1) is 0 Å². The highest BCUT2D eigenvalue weighted by molar-refractivity contribution is 5.78. The van der Waals surface area contributed by atoms with Gasteiger partial charge in [-0.05, 0) is 38.5 Å². The third-order valence-electron chi connectivity index (χ3n) is 7.29. The van der Waals surface area contributed by atoms with Crippen molar-refractivity contribution in [3.63, 3.8) is 0 Å². The molecule has 0 aliphatic rings. The topological polar surface area (TPSA) is 63.6 Å². The first kappa shape index (κ1) is 35.7. The Bertz CT molecular complexity index is 528. The number of allylic oxidation sites excluding steroid dienone is 2. The number of esters is 1. The van der Waals surface area contributed by atoms with Gasteiger partial charge in [0, 0.05) is 0 Å². The van der Waals surface area contributed by atoms with Crippen LogP contribution < -0.4 is 0 Å². The molecule has 0 spiro atoms. The molecule has 1 N–H and O–H groups in total. The summed E-state index contributed by atoms with van der Waals surface area (Å²) < 4.78 is 5.02. The molecular weight excluding hydrogens is 460 g/mol. The molecule has 0 aliphatic carbocycles. The van der Waals surface area contributed by atoms with E-state index in [4.69, 9.17) is 4.74 Å². The van der Waals surface area contributed by atoms with Gasteiger partial charge in [-0.25, -0.2) is 0 Å². The highest BCUT2D eigenvalue weighted by atomic mass is 16.5. The zero-order valence-electron chi connectivity index (χ0n) is 24.8. The zero-order chi connectivity index (χ0) is 27.2. The number of hydrogen-bond acceptors (Lipinski definition) is 3. The molecule has 1 atom stereocenters. The fourth-order valence-electron chi connectivity index (χ4n) is 4.84. The summed E-state index contributed by atoms with van der Waals surface area (Å²) in [5.41, 5.74) is 0. The van der Waals surface area contributed by atoms with Crippen LogP contribution in [-0.4, -0.2) is 23.7 Å². The van der Waals surface area contributed by atoms with Gasteiger partial charge in [0.2, 0.25) is 0 Å². The average Bonchev–Trinajstić information content (AvgIpc) is 2.89. The maximum atomic E-state index is 11.7. The van der Waals surface area contributed by atoms with Gasteiger partial charge in [0.05, 0.1) is 18.9 Å². The summed E-state index contributed by atoms with van der Waals surface area (Å²) in [7, 11) is 0. The molecule has 0 aromatic heterocycles. The van der Waals surface area contributed by atoms with Crippen LogP contribution >= 0.6 is 0 Å². The first-order valence-corrected chi connectivity index (χ1v) is 16.1. The van der Waals surface area contributed by atoms with E-state index in [1.54, 1.807) is 0 Å². The Balaban J connectivity index is 3.37. The Hall–Kier alpha value is -1.32. The predicted octanol–water partition coefficient (Wildman–Crippen LogP) is 10.6. The molecule has 1 unspecified atom stereocenters. The van der Waals surface area contributed by atoms with E-state index in [1.165, 1.54) is 116 Å². The molecule has 0 rings (SSSR count). The van der Waals surface area contributed by atoms with E-state index >= 15 is 0 Å². The van der Waals surface area contributed by atoms with E-state index in [2.05, 4.69) is 19.1 Å². The fourth-order valence-corrected chi connectivity index (χ4v) is 4.84. The number of carbonyl (C=O) groups excluding carboxylic acids is 1. The van der Waals surface area contributed by atoms with Crippen LogP contribution in [0.25, 0.3) is 0 Å². The first-order valence-electron chi connectivity index (χ1n) is 16.1. The quantitative estimate of drug-likeness (QED) is 0.0602. The SMILES string of the molecule is CCCCCCCCCCCCCCCCCCC/C=C/CCCCCC(CC(=O)OCCC)C(=O)O. The number of hydrogen-bond donors (Lipinski definition) is 1. The molecule has 0 aromatic carbocycles. The van der Waals surface area contributed by atoms with Gasteiger partial charge in [0.15, 0.2) is 0 Å². The summed E-state index contributed by atoms with van der Waals surface area (Å²) in [4.78, 5) is 23.0. The van der Waals surface area contributed by atoms with E-state index < -0.39 is 11.9 Å².